The van der Waals surface area contributed by atoms with Gasteiger partial charge in [0.2, 0.25) is 0 Å². The lowest BCUT2D eigenvalue weighted by atomic mass is 9.93. The van der Waals surface area contributed by atoms with E-state index in [1.165, 1.54) is 12.1 Å². The van der Waals surface area contributed by atoms with Crippen molar-refractivity contribution in [2.24, 2.45) is 10.9 Å². The average Bonchev–Trinajstić information content (AvgIpc) is 3.37. The van der Waals surface area contributed by atoms with Gasteiger partial charge in [0.05, 0.1) is 30.9 Å². The van der Waals surface area contributed by atoms with Crippen LogP contribution < -0.4 is 15.4 Å². The van der Waals surface area contributed by atoms with Crippen LogP contribution in [0.15, 0.2) is 66.1 Å². The smallest absolute Gasteiger partial charge is 0.186 e. The molecular formula is C29H34FN5O3. The van der Waals surface area contributed by atoms with Gasteiger partial charge in [-0.3, -0.25) is 4.99 Å². The maximum absolute atomic E-state index is 13.5. The first-order valence-electron chi connectivity index (χ1n) is 13.0. The van der Waals surface area contributed by atoms with E-state index in [0.717, 1.165) is 60.7 Å². The molecule has 1 saturated heterocycles. The van der Waals surface area contributed by atoms with Gasteiger partial charge >= 0.3 is 0 Å². The zero-order valence-corrected chi connectivity index (χ0v) is 21.6. The third-order valence-corrected chi connectivity index (χ3v) is 6.98. The van der Waals surface area contributed by atoms with Crippen molar-refractivity contribution in [2.75, 3.05) is 31.9 Å². The molecule has 3 N–H and O–H groups in total. The van der Waals surface area contributed by atoms with Crippen LogP contribution in [0.25, 0.3) is 11.8 Å². The number of aliphatic hydroxyl groups excluding tert-OH is 1. The van der Waals surface area contributed by atoms with E-state index in [1.54, 1.807) is 18.5 Å². The predicted octanol–water partition coefficient (Wildman–Crippen LogP) is 4.68. The van der Waals surface area contributed by atoms with Crippen LogP contribution in [0.3, 0.4) is 0 Å². The Morgan fingerprint density at radius 1 is 1.18 bits per heavy atom. The minimum atomic E-state index is -0.436. The number of aryl methyl sites for hydroxylation is 1. The van der Waals surface area contributed by atoms with E-state index < -0.39 is 12.5 Å². The zero-order valence-electron chi connectivity index (χ0n) is 21.6. The summed E-state index contributed by atoms with van der Waals surface area (Å²) in [4.78, 5) is 9.15. The normalized spacial score (nSPS) is 19.2. The van der Waals surface area contributed by atoms with Gasteiger partial charge in [-0.25, -0.2) is 9.37 Å². The Morgan fingerprint density at radius 2 is 2.00 bits per heavy atom. The Hall–Kier alpha value is -3.69. The SMILES string of the molecule is Cc1cn(-c2ccc(C=CC3CCCN=C3NC3(Nc4ccc(F)cc4)CCOCC3)c(OCO)c2)cn1. The van der Waals surface area contributed by atoms with Crippen molar-refractivity contribution in [1.82, 2.24) is 14.9 Å². The molecule has 1 unspecified atom stereocenters. The largest absolute Gasteiger partial charge is 0.467 e. The number of aliphatic imine (C=N–C) groups is 1. The van der Waals surface area contributed by atoms with Crippen molar-refractivity contribution in [1.29, 1.82) is 0 Å². The molecule has 2 aliphatic rings. The molecular weight excluding hydrogens is 485 g/mol. The van der Waals surface area contributed by atoms with E-state index in [-0.39, 0.29) is 11.7 Å². The van der Waals surface area contributed by atoms with Gasteiger partial charge < -0.3 is 29.8 Å². The maximum Gasteiger partial charge on any atom is 0.186 e. The quantitative estimate of drug-likeness (QED) is 0.375. The number of halogens is 1. The summed E-state index contributed by atoms with van der Waals surface area (Å²) in [6, 6.07) is 12.3. The molecule has 0 radical (unpaired) electrons. The van der Waals surface area contributed by atoms with Crippen LogP contribution in [-0.4, -0.2) is 52.7 Å². The van der Waals surface area contributed by atoms with Crippen LogP contribution in [-0.2, 0) is 4.74 Å². The monoisotopic (exact) mass is 519 g/mol. The summed E-state index contributed by atoms with van der Waals surface area (Å²) in [6.07, 6.45) is 11.4. The zero-order chi connectivity index (χ0) is 26.4. The number of rotatable bonds is 8. The fourth-order valence-corrected chi connectivity index (χ4v) is 4.94. The number of aliphatic hydroxyl groups is 1. The van der Waals surface area contributed by atoms with Crippen LogP contribution in [0.4, 0.5) is 10.1 Å². The molecule has 1 aromatic heterocycles. The summed E-state index contributed by atoms with van der Waals surface area (Å²) in [7, 11) is 0. The van der Waals surface area contributed by atoms with E-state index in [9.17, 15) is 9.50 Å². The number of hydrogen-bond donors (Lipinski definition) is 3. The maximum atomic E-state index is 13.5. The van der Waals surface area contributed by atoms with E-state index in [0.29, 0.717) is 19.0 Å². The molecule has 2 aromatic carbocycles. The summed E-state index contributed by atoms with van der Waals surface area (Å²) in [5, 5.41) is 16.8. The highest BCUT2D eigenvalue weighted by molar-refractivity contribution is 5.88. The summed E-state index contributed by atoms with van der Waals surface area (Å²) in [6.45, 7) is 3.55. The molecule has 1 fully saturated rings. The van der Waals surface area contributed by atoms with Gasteiger partial charge in [0, 0.05) is 48.8 Å². The first-order valence-corrected chi connectivity index (χ1v) is 13.0. The second kappa shape index (κ2) is 11.8. The molecule has 1 atom stereocenters. The fraction of sp³-hybridized carbons (Fsp3) is 0.379. The molecule has 5 rings (SSSR count). The number of imidazole rings is 1. The van der Waals surface area contributed by atoms with Crippen LogP contribution in [0.5, 0.6) is 5.75 Å². The van der Waals surface area contributed by atoms with Crippen molar-refractivity contribution in [3.8, 4) is 11.4 Å². The van der Waals surface area contributed by atoms with Crippen LogP contribution in [0.2, 0.25) is 0 Å². The van der Waals surface area contributed by atoms with E-state index in [4.69, 9.17) is 14.5 Å². The van der Waals surface area contributed by atoms with E-state index in [1.807, 2.05) is 42.0 Å². The van der Waals surface area contributed by atoms with Gasteiger partial charge in [-0.1, -0.05) is 12.2 Å². The number of nitrogens with zero attached hydrogens (tertiary/aromatic N) is 3. The number of hydrogen-bond acceptors (Lipinski definition) is 7. The average molecular weight is 520 g/mol. The number of amidine groups is 1. The molecule has 0 saturated carbocycles. The van der Waals surface area contributed by atoms with Crippen molar-refractivity contribution >= 4 is 17.6 Å². The molecule has 9 heteroatoms. The van der Waals surface area contributed by atoms with Gasteiger partial charge in [0.1, 0.15) is 23.1 Å². The molecule has 2 aliphatic heterocycles. The molecule has 38 heavy (non-hydrogen) atoms. The fourth-order valence-electron chi connectivity index (χ4n) is 4.94. The highest BCUT2D eigenvalue weighted by Crippen LogP contribution is 2.29. The van der Waals surface area contributed by atoms with Crippen molar-refractivity contribution in [2.45, 2.75) is 38.3 Å². The second-order valence-corrected chi connectivity index (χ2v) is 9.74. The van der Waals surface area contributed by atoms with E-state index >= 15 is 0 Å². The lowest BCUT2D eigenvalue weighted by Gasteiger charge is -2.42. The van der Waals surface area contributed by atoms with Gasteiger partial charge in [0.15, 0.2) is 6.79 Å². The Balaban J connectivity index is 1.36. The molecule has 3 aromatic rings. The predicted molar refractivity (Wildman–Crippen MR) is 146 cm³/mol. The molecule has 3 heterocycles. The molecule has 0 amide bonds. The number of ether oxygens (including phenoxy) is 2. The molecule has 0 bridgehead atoms. The van der Waals surface area contributed by atoms with Crippen molar-refractivity contribution in [3.63, 3.8) is 0 Å². The minimum Gasteiger partial charge on any atom is -0.467 e. The first-order chi connectivity index (χ1) is 18.5. The number of aromatic nitrogens is 2. The Labute approximate surface area is 222 Å². The Kier molecular flexibility index (Phi) is 8.05. The number of benzene rings is 2. The van der Waals surface area contributed by atoms with Crippen LogP contribution in [0.1, 0.15) is 36.9 Å². The minimum absolute atomic E-state index is 0.0939. The van der Waals surface area contributed by atoms with Crippen LogP contribution in [0, 0.1) is 18.7 Å². The Bertz CT molecular complexity index is 1280. The molecule has 0 spiro atoms. The Morgan fingerprint density at radius 3 is 2.74 bits per heavy atom. The van der Waals surface area contributed by atoms with Crippen molar-refractivity contribution < 1.29 is 19.0 Å². The number of anilines is 1. The molecule has 8 nitrogen and oxygen atoms in total. The van der Waals surface area contributed by atoms with Crippen molar-refractivity contribution in [3.05, 3.63) is 78.1 Å². The van der Waals surface area contributed by atoms with Gasteiger partial charge in [-0.2, -0.15) is 0 Å². The lowest BCUT2D eigenvalue weighted by Crippen LogP contribution is -2.59. The highest BCUT2D eigenvalue weighted by atomic mass is 19.1. The highest BCUT2D eigenvalue weighted by Gasteiger charge is 2.35. The summed E-state index contributed by atoms with van der Waals surface area (Å²) in [5.74, 6) is 1.36. The number of nitrogens with one attached hydrogen (secondary N) is 2. The third kappa shape index (κ3) is 6.23. The summed E-state index contributed by atoms with van der Waals surface area (Å²) >= 11 is 0. The summed E-state index contributed by atoms with van der Waals surface area (Å²) in [5.41, 5.74) is 3.11. The third-order valence-electron chi connectivity index (χ3n) is 6.98. The van der Waals surface area contributed by atoms with E-state index in [2.05, 4.69) is 21.7 Å². The standard InChI is InChI=1S/C29H34FN5O3/c1-21-18-35(19-32-21)26-11-6-22(27(17-26)38-20-36)4-5-23-3-2-14-31-28(23)34-29(12-15-37-16-13-29)33-25-9-7-24(30)8-10-25/h4-11,17-19,23,33,36H,2-3,12-16,20H2,1H3,(H,31,34). The van der Waals surface area contributed by atoms with Crippen LogP contribution >= 0.6 is 0 Å². The lowest BCUT2D eigenvalue weighted by molar-refractivity contribution is 0.0551. The second-order valence-electron chi connectivity index (χ2n) is 9.74. The molecule has 200 valence electrons. The topological polar surface area (TPSA) is 92.9 Å². The first kappa shape index (κ1) is 25.9. The van der Waals surface area contributed by atoms with Gasteiger partial charge in [-0.05, 0) is 56.2 Å². The summed E-state index contributed by atoms with van der Waals surface area (Å²) < 4.78 is 26.6. The van der Waals surface area contributed by atoms with Gasteiger partial charge in [0.25, 0.3) is 0 Å². The molecule has 0 aliphatic carbocycles. The van der Waals surface area contributed by atoms with Gasteiger partial charge in [-0.15, -0.1) is 0 Å².